The second-order valence-electron chi connectivity index (χ2n) is 10.6. The van der Waals surface area contributed by atoms with Crippen molar-refractivity contribution in [1.29, 1.82) is 0 Å². The molecule has 0 spiro atoms. The Morgan fingerprint density at radius 3 is 1.32 bits per heavy atom. The predicted octanol–water partition coefficient (Wildman–Crippen LogP) is 9.48. The molecule has 5 nitrogen and oxygen atoms in total. The van der Waals surface area contributed by atoms with Gasteiger partial charge in [0.05, 0.1) is 0 Å². The van der Waals surface area contributed by atoms with Crippen molar-refractivity contribution in [1.82, 2.24) is 0 Å². The molecule has 0 unspecified atom stereocenters. The zero-order valence-electron chi connectivity index (χ0n) is 24.4. The van der Waals surface area contributed by atoms with Crippen molar-refractivity contribution in [2.24, 2.45) is 0 Å². The van der Waals surface area contributed by atoms with Gasteiger partial charge in [0.2, 0.25) is 5.43 Å². The summed E-state index contributed by atoms with van der Waals surface area (Å²) in [6.45, 7) is 4.41. The Morgan fingerprint density at radius 2 is 0.868 bits per heavy atom. The first kappa shape index (κ1) is 33.9. The second-order valence-corrected chi connectivity index (χ2v) is 10.6. The van der Waals surface area contributed by atoms with E-state index in [0.717, 1.165) is 51.4 Å². The van der Waals surface area contributed by atoms with Gasteiger partial charge in [-0.1, -0.05) is 129 Å². The highest BCUT2D eigenvalue weighted by Crippen LogP contribution is 2.16. The Bertz CT molecular complexity index is 804. The normalized spacial score (nSPS) is 10.9. The third-order valence-corrected chi connectivity index (χ3v) is 6.97. The van der Waals surface area contributed by atoms with Gasteiger partial charge in [0, 0.05) is 12.8 Å². The van der Waals surface area contributed by atoms with Gasteiger partial charge >= 0.3 is 11.9 Å². The monoisotopic (exact) mass is 530 g/mol. The smallest absolute Gasteiger partial charge is 0.311 e. The molecule has 0 bridgehead atoms. The van der Waals surface area contributed by atoms with Gasteiger partial charge in [-0.2, -0.15) is 0 Å². The number of esters is 2. The molecular weight excluding hydrogens is 476 g/mol. The predicted molar refractivity (Wildman–Crippen MR) is 157 cm³/mol. The van der Waals surface area contributed by atoms with E-state index in [1.807, 2.05) is 0 Å². The summed E-state index contributed by atoms with van der Waals surface area (Å²) in [4.78, 5) is 36.5. The Labute approximate surface area is 232 Å². The summed E-state index contributed by atoms with van der Waals surface area (Å²) in [5.74, 6) is -0.455. The highest BCUT2D eigenvalue weighted by molar-refractivity contribution is 5.73. The molecule has 0 atom stereocenters. The van der Waals surface area contributed by atoms with E-state index in [4.69, 9.17) is 9.47 Å². The quantitative estimate of drug-likeness (QED) is 0.0983. The number of ether oxygens (including phenoxy) is 2. The third-order valence-electron chi connectivity index (χ3n) is 6.97. The van der Waals surface area contributed by atoms with Crippen LogP contribution in [-0.4, -0.2) is 11.9 Å². The molecule has 0 fully saturated rings. The summed E-state index contributed by atoms with van der Waals surface area (Å²) >= 11 is 0. The lowest BCUT2D eigenvalue weighted by atomic mass is 10.0. The maximum atomic E-state index is 12.2. The van der Waals surface area contributed by atoms with Gasteiger partial charge < -0.3 is 9.47 Å². The summed E-state index contributed by atoms with van der Waals surface area (Å²) < 4.78 is 10.6. The lowest BCUT2D eigenvalue weighted by Crippen LogP contribution is -2.12. The minimum absolute atomic E-state index is 0.0340. The summed E-state index contributed by atoms with van der Waals surface area (Å²) in [5, 5.41) is 0. The lowest BCUT2D eigenvalue weighted by molar-refractivity contribution is -0.135. The first-order valence-corrected chi connectivity index (χ1v) is 15.6. The van der Waals surface area contributed by atoms with Gasteiger partial charge in [0.1, 0.15) is 5.75 Å². The molecule has 0 saturated heterocycles. The molecule has 0 aliphatic heterocycles. The van der Waals surface area contributed by atoms with Gasteiger partial charge in [-0.25, -0.2) is 0 Å². The highest BCUT2D eigenvalue weighted by atomic mass is 16.5. The Balaban J connectivity index is 2.12. The fourth-order valence-electron chi connectivity index (χ4n) is 4.56. The third kappa shape index (κ3) is 19.0. The molecule has 5 heteroatoms. The van der Waals surface area contributed by atoms with Crippen molar-refractivity contribution in [3.8, 4) is 11.5 Å². The molecule has 216 valence electrons. The fraction of sp³-hybridized carbons (Fsp3) is 0.727. The van der Waals surface area contributed by atoms with Crippen LogP contribution in [0.25, 0.3) is 0 Å². The fourth-order valence-corrected chi connectivity index (χ4v) is 4.56. The van der Waals surface area contributed by atoms with Crippen molar-refractivity contribution in [3.63, 3.8) is 0 Å². The molecule has 0 aliphatic rings. The van der Waals surface area contributed by atoms with Crippen LogP contribution in [0.1, 0.15) is 155 Å². The van der Waals surface area contributed by atoms with E-state index in [2.05, 4.69) is 13.8 Å². The summed E-state index contributed by atoms with van der Waals surface area (Å²) in [7, 11) is 0. The molecule has 0 radical (unpaired) electrons. The minimum atomic E-state index is -0.408. The van der Waals surface area contributed by atoms with E-state index in [-0.39, 0.29) is 17.5 Å². The summed E-state index contributed by atoms with van der Waals surface area (Å²) in [6.07, 6.45) is 25.0. The molecule has 0 N–H and O–H groups in total. The highest BCUT2D eigenvalue weighted by Gasteiger charge is 2.09. The van der Waals surface area contributed by atoms with Crippen LogP contribution in [0.4, 0.5) is 0 Å². The van der Waals surface area contributed by atoms with Gasteiger partial charge in [-0.3, -0.25) is 14.4 Å². The molecule has 0 heterocycles. The minimum Gasteiger partial charge on any atom is -0.427 e. The van der Waals surface area contributed by atoms with Crippen LogP contribution in [0.5, 0.6) is 11.5 Å². The molecule has 38 heavy (non-hydrogen) atoms. The summed E-state index contributed by atoms with van der Waals surface area (Å²) in [6, 6.07) is 5.65. The zero-order valence-corrected chi connectivity index (χ0v) is 24.4. The number of unbranched alkanes of at least 4 members (excludes halogenated alkanes) is 18. The van der Waals surface area contributed by atoms with E-state index in [0.29, 0.717) is 12.8 Å². The molecule has 0 saturated carbocycles. The molecule has 0 amide bonds. The Hall–Kier alpha value is -2.17. The molecular formula is C33H54O5. The maximum absolute atomic E-state index is 12.2. The largest absolute Gasteiger partial charge is 0.427 e. The van der Waals surface area contributed by atoms with Crippen LogP contribution in [0, 0.1) is 0 Å². The molecule has 1 rings (SSSR count). The van der Waals surface area contributed by atoms with Crippen molar-refractivity contribution in [2.45, 2.75) is 155 Å². The summed E-state index contributed by atoms with van der Waals surface area (Å²) in [5.41, 5.74) is -0.408. The van der Waals surface area contributed by atoms with E-state index in [1.54, 1.807) is 0 Å². The first-order chi connectivity index (χ1) is 18.6. The van der Waals surface area contributed by atoms with E-state index in [9.17, 15) is 14.4 Å². The SMILES string of the molecule is CCCCCCCCCCCCCCCCCC(=O)Oc1ccc(OC(=O)CCCCCCC)c(=O)cc1. The number of hydrogen-bond donors (Lipinski definition) is 0. The Morgan fingerprint density at radius 1 is 0.500 bits per heavy atom. The standard InChI is InChI=1S/C33H54O5/c1-3-5-7-9-10-11-12-13-14-15-16-17-18-20-22-23-32(35)37-29-25-27-30(34)31(28-26-29)38-33(36)24-21-19-8-6-4-2/h25-28H,3-24H2,1-2H3. The van der Waals surface area contributed by atoms with Crippen molar-refractivity contribution < 1.29 is 19.1 Å². The van der Waals surface area contributed by atoms with E-state index in [1.165, 1.54) is 101 Å². The first-order valence-electron chi connectivity index (χ1n) is 15.6. The van der Waals surface area contributed by atoms with Gasteiger partial charge in [-0.15, -0.1) is 0 Å². The lowest BCUT2D eigenvalue weighted by Gasteiger charge is -2.04. The van der Waals surface area contributed by atoms with E-state index >= 15 is 0 Å². The average Bonchev–Trinajstić information content (AvgIpc) is 3.07. The number of carbonyl (C=O) groups is 2. The average molecular weight is 531 g/mol. The van der Waals surface area contributed by atoms with Crippen molar-refractivity contribution in [3.05, 3.63) is 34.5 Å². The van der Waals surface area contributed by atoms with Gasteiger partial charge in [0.15, 0.2) is 5.75 Å². The molecule has 1 aromatic carbocycles. The number of carbonyl (C=O) groups excluding carboxylic acids is 2. The van der Waals surface area contributed by atoms with Crippen LogP contribution in [0.2, 0.25) is 0 Å². The Kier molecular flexibility index (Phi) is 21.3. The van der Waals surface area contributed by atoms with E-state index < -0.39 is 11.4 Å². The van der Waals surface area contributed by atoms with Crippen molar-refractivity contribution >= 4 is 11.9 Å². The maximum Gasteiger partial charge on any atom is 0.311 e. The van der Waals surface area contributed by atoms with Crippen LogP contribution >= 0.6 is 0 Å². The molecule has 1 aromatic rings. The van der Waals surface area contributed by atoms with Gasteiger partial charge in [-0.05, 0) is 37.1 Å². The topological polar surface area (TPSA) is 69.7 Å². The van der Waals surface area contributed by atoms with Crippen LogP contribution in [-0.2, 0) is 9.59 Å². The van der Waals surface area contributed by atoms with Crippen LogP contribution < -0.4 is 14.9 Å². The van der Waals surface area contributed by atoms with Crippen LogP contribution in [0.15, 0.2) is 29.1 Å². The number of hydrogen-bond acceptors (Lipinski definition) is 5. The second kappa shape index (κ2) is 23.9. The van der Waals surface area contributed by atoms with Crippen LogP contribution in [0.3, 0.4) is 0 Å². The van der Waals surface area contributed by atoms with Gasteiger partial charge in [0.25, 0.3) is 0 Å². The molecule has 0 aliphatic carbocycles. The van der Waals surface area contributed by atoms with Crippen molar-refractivity contribution in [2.75, 3.05) is 0 Å². The zero-order chi connectivity index (χ0) is 27.7. The number of rotatable bonds is 24. The molecule has 0 aromatic heterocycles.